The van der Waals surface area contributed by atoms with Crippen molar-refractivity contribution >= 4 is 29.3 Å². The van der Waals surface area contributed by atoms with Gasteiger partial charge in [0.25, 0.3) is 0 Å². The molecule has 0 atom stereocenters. The van der Waals surface area contributed by atoms with Crippen molar-refractivity contribution in [3.8, 4) is 0 Å². The number of rotatable bonds is 6. The van der Waals surface area contributed by atoms with Crippen LogP contribution in [0.5, 0.6) is 0 Å². The molecule has 1 aromatic carbocycles. The van der Waals surface area contributed by atoms with Crippen molar-refractivity contribution in [3.05, 3.63) is 41.2 Å². The second-order valence-electron chi connectivity index (χ2n) is 4.24. The molecule has 112 valence electrons. The van der Waals surface area contributed by atoms with E-state index in [2.05, 4.69) is 10.3 Å². The van der Waals surface area contributed by atoms with E-state index in [1.165, 1.54) is 4.90 Å². The molecule has 0 aliphatic carbocycles. The number of nitrogens with zero attached hydrogens (tertiary/aromatic N) is 3. The Kier molecular flexibility index (Phi) is 5.64. The molecule has 2 rings (SSSR count). The largest absolute Gasteiger partial charge is 0.461 e. The smallest absolute Gasteiger partial charge is 0.360 e. The van der Waals surface area contributed by atoms with Crippen LogP contribution in [0.3, 0.4) is 0 Å². The molecule has 0 saturated heterocycles. The van der Waals surface area contributed by atoms with Crippen molar-refractivity contribution in [3.63, 3.8) is 0 Å². The summed E-state index contributed by atoms with van der Waals surface area (Å²) in [4.78, 5) is 13.0. The van der Waals surface area contributed by atoms with Crippen LogP contribution in [0.2, 0.25) is 0 Å². The first-order chi connectivity index (χ1) is 10.2. The Labute approximate surface area is 132 Å². The summed E-state index contributed by atoms with van der Waals surface area (Å²) in [6.45, 7) is 2.56. The molecule has 21 heavy (non-hydrogen) atoms. The Hall–Kier alpha value is -1.53. The second-order valence-corrected chi connectivity index (χ2v) is 5.39. The Morgan fingerprint density at radius 2 is 2.10 bits per heavy atom. The molecule has 0 fully saturated rings. The Morgan fingerprint density at radius 3 is 2.67 bits per heavy atom. The third-order valence-electron chi connectivity index (χ3n) is 2.92. The van der Waals surface area contributed by atoms with E-state index in [1.54, 1.807) is 23.4 Å². The fourth-order valence-corrected chi connectivity index (χ4v) is 2.53. The zero-order valence-electron chi connectivity index (χ0n) is 11.9. The summed E-state index contributed by atoms with van der Waals surface area (Å²) in [7, 11) is 0. The quantitative estimate of drug-likeness (QED) is 0.464. The molecule has 0 spiro atoms. The van der Waals surface area contributed by atoms with Crippen molar-refractivity contribution in [1.82, 2.24) is 15.0 Å². The zero-order chi connectivity index (χ0) is 15.2. The number of hydrogen-bond donors (Lipinski definition) is 0. The highest BCUT2D eigenvalue weighted by Gasteiger charge is 2.20. The molecule has 5 nitrogen and oxygen atoms in total. The van der Waals surface area contributed by atoms with Crippen LogP contribution in [-0.2, 0) is 17.2 Å². The number of hydrogen-bond acceptors (Lipinski definition) is 5. The highest BCUT2D eigenvalue weighted by molar-refractivity contribution is 7.98. The van der Waals surface area contributed by atoms with Gasteiger partial charge >= 0.3 is 5.97 Å². The normalized spacial score (nSPS) is 10.6. The third-order valence-corrected chi connectivity index (χ3v) is 3.92. The SMILES string of the molecule is CCOC(=O)c1nnn(Cc2ccc(SC)cc2)c1CCl. The van der Waals surface area contributed by atoms with Gasteiger partial charge in [-0.2, -0.15) is 0 Å². The first-order valence-electron chi connectivity index (χ1n) is 6.48. The van der Waals surface area contributed by atoms with Gasteiger partial charge in [0.2, 0.25) is 0 Å². The van der Waals surface area contributed by atoms with Gasteiger partial charge in [0.05, 0.1) is 24.7 Å². The highest BCUT2D eigenvalue weighted by atomic mass is 35.5. The van der Waals surface area contributed by atoms with E-state index in [1.807, 2.05) is 30.5 Å². The summed E-state index contributed by atoms with van der Waals surface area (Å²) in [5.74, 6) is -0.332. The Balaban J connectivity index is 2.21. The van der Waals surface area contributed by atoms with E-state index in [9.17, 15) is 4.79 Å². The third kappa shape index (κ3) is 3.77. The van der Waals surface area contributed by atoms with E-state index < -0.39 is 5.97 Å². The minimum absolute atomic E-state index is 0.157. The fraction of sp³-hybridized carbons (Fsp3) is 0.357. The number of esters is 1. The van der Waals surface area contributed by atoms with Crippen LogP contribution in [0.25, 0.3) is 0 Å². The first kappa shape index (κ1) is 15.9. The summed E-state index contributed by atoms with van der Waals surface area (Å²) < 4.78 is 6.58. The van der Waals surface area contributed by atoms with Crippen LogP contribution in [0, 0.1) is 0 Å². The summed E-state index contributed by atoms with van der Waals surface area (Å²) >= 11 is 7.61. The lowest BCUT2D eigenvalue weighted by Crippen LogP contribution is -2.10. The maximum atomic E-state index is 11.8. The molecular weight excluding hydrogens is 310 g/mol. The molecule has 0 aliphatic rings. The van der Waals surface area contributed by atoms with Gasteiger partial charge in [0.1, 0.15) is 0 Å². The number of alkyl halides is 1. The summed E-state index contributed by atoms with van der Waals surface area (Å²) in [5.41, 5.74) is 1.83. The van der Waals surface area contributed by atoms with Crippen LogP contribution >= 0.6 is 23.4 Å². The van der Waals surface area contributed by atoms with Gasteiger partial charge in [-0.3, -0.25) is 0 Å². The summed E-state index contributed by atoms with van der Waals surface area (Å²) in [6.07, 6.45) is 2.03. The minimum atomic E-state index is -0.489. The van der Waals surface area contributed by atoms with Crippen molar-refractivity contribution < 1.29 is 9.53 Å². The van der Waals surface area contributed by atoms with Crippen molar-refractivity contribution in [2.75, 3.05) is 12.9 Å². The van der Waals surface area contributed by atoms with Gasteiger partial charge in [0.15, 0.2) is 5.69 Å². The van der Waals surface area contributed by atoms with Crippen LogP contribution in [0.15, 0.2) is 29.2 Å². The maximum absolute atomic E-state index is 11.8. The van der Waals surface area contributed by atoms with Gasteiger partial charge in [-0.25, -0.2) is 9.48 Å². The standard InChI is InChI=1S/C14H16ClN3O2S/c1-3-20-14(19)13-12(8-15)18(17-16-13)9-10-4-6-11(21-2)7-5-10/h4-7H,3,8-9H2,1-2H3. The van der Waals surface area contributed by atoms with Gasteiger partial charge in [-0.15, -0.1) is 28.5 Å². The first-order valence-corrected chi connectivity index (χ1v) is 8.23. The van der Waals surface area contributed by atoms with E-state index >= 15 is 0 Å². The maximum Gasteiger partial charge on any atom is 0.360 e. The topological polar surface area (TPSA) is 57.0 Å². The lowest BCUT2D eigenvalue weighted by molar-refractivity contribution is 0.0518. The van der Waals surface area contributed by atoms with Gasteiger partial charge in [-0.1, -0.05) is 17.3 Å². The molecule has 0 N–H and O–H groups in total. The van der Waals surface area contributed by atoms with Gasteiger partial charge in [0, 0.05) is 4.90 Å². The van der Waals surface area contributed by atoms with Crippen LogP contribution in [0.4, 0.5) is 0 Å². The van der Waals surface area contributed by atoms with E-state index in [0.717, 1.165) is 5.56 Å². The number of benzene rings is 1. The van der Waals surface area contributed by atoms with Crippen molar-refractivity contribution in [2.45, 2.75) is 24.2 Å². The van der Waals surface area contributed by atoms with Crippen LogP contribution in [0.1, 0.15) is 28.7 Å². The van der Waals surface area contributed by atoms with Crippen molar-refractivity contribution in [2.24, 2.45) is 0 Å². The minimum Gasteiger partial charge on any atom is -0.461 e. The molecule has 7 heteroatoms. The second kappa shape index (κ2) is 7.47. The number of ether oxygens (including phenoxy) is 1. The lowest BCUT2D eigenvalue weighted by atomic mass is 10.2. The zero-order valence-corrected chi connectivity index (χ0v) is 13.4. The molecule has 0 aliphatic heterocycles. The van der Waals surface area contributed by atoms with E-state index in [4.69, 9.17) is 16.3 Å². The highest BCUT2D eigenvalue weighted by Crippen LogP contribution is 2.17. The number of carbonyl (C=O) groups excluding carboxylic acids is 1. The molecule has 1 heterocycles. The van der Waals surface area contributed by atoms with E-state index in [0.29, 0.717) is 18.8 Å². The molecule has 1 aromatic heterocycles. The number of aromatic nitrogens is 3. The fourth-order valence-electron chi connectivity index (χ4n) is 1.85. The average Bonchev–Trinajstić information content (AvgIpc) is 2.91. The lowest BCUT2D eigenvalue weighted by Gasteiger charge is -2.06. The van der Waals surface area contributed by atoms with E-state index in [-0.39, 0.29) is 11.6 Å². The number of halogens is 1. The molecule has 0 saturated carbocycles. The van der Waals surface area contributed by atoms with Crippen LogP contribution in [-0.4, -0.2) is 33.8 Å². The average molecular weight is 326 g/mol. The molecular formula is C14H16ClN3O2S. The monoisotopic (exact) mass is 325 g/mol. The van der Waals surface area contributed by atoms with Gasteiger partial charge < -0.3 is 4.74 Å². The molecule has 2 aromatic rings. The van der Waals surface area contributed by atoms with Crippen LogP contribution < -0.4 is 0 Å². The predicted octanol–water partition coefficient (Wildman–Crippen LogP) is 2.96. The predicted molar refractivity (Wildman–Crippen MR) is 82.9 cm³/mol. The molecule has 0 amide bonds. The van der Waals surface area contributed by atoms with Gasteiger partial charge in [-0.05, 0) is 30.9 Å². The van der Waals surface area contributed by atoms with Crippen molar-refractivity contribution in [1.29, 1.82) is 0 Å². The molecule has 0 bridgehead atoms. The Bertz CT molecular complexity index is 613. The number of carbonyl (C=O) groups is 1. The Morgan fingerprint density at radius 1 is 1.38 bits per heavy atom. The molecule has 0 radical (unpaired) electrons. The molecule has 0 unspecified atom stereocenters. The number of thioether (sulfide) groups is 1. The summed E-state index contributed by atoms with van der Waals surface area (Å²) in [5, 5.41) is 7.89. The summed E-state index contributed by atoms with van der Waals surface area (Å²) in [6, 6.07) is 8.14.